The molecule has 0 saturated carbocycles. The lowest BCUT2D eigenvalue weighted by Gasteiger charge is -2.15. The van der Waals surface area contributed by atoms with Crippen LogP contribution < -0.4 is 5.32 Å². The number of benzene rings is 1. The van der Waals surface area contributed by atoms with E-state index in [1.807, 2.05) is 25.1 Å². The van der Waals surface area contributed by atoms with Crippen molar-refractivity contribution in [2.24, 2.45) is 0 Å². The van der Waals surface area contributed by atoms with E-state index in [1.54, 1.807) is 11.9 Å². The first-order valence-corrected chi connectivity index (χ1v) is 6.63. The molecule has 20 heavy (non-hydrogen) atoms. The monoisotopic (exact) mass is 271 g/mol. The van der Waals surface area contributed by atoms with Crippen LogP contribution >= 0.6 is 0 Å². The second-order valence-corrected chi connectivity index (χ2v) is 5.05. The number of hydrogen-bond donors (Lipinski definition) is 2. The van der Waals surface area contributed by atoms with E-state index in [0.717, 1.165) is 24.5 Å². The van der Waals surface area contributed by atoms with E-state index in [-0.39, 0.29) is 5.91 Å². The van der Waals surface area contributed by atoms with Crippen LogP contribution in [-0.4, -0.2) is 39.6 Å². The molecule has 6 nitrogen and oxygen atoms in total. The first kappa shape index (κ1) is 12.7. The van der Waals surface area contributed by atoms with E-state index in [0.29, 0.717) is 17.9 Å². The SMILES string of the molecule is Cc1nc(CN(C)C(=O)c2ccc3c(c2)NCC3)n[nH]1. The Kier molecular flexibility index (Phi) is 3.14. The Bertz CT molecular complexity index is 649. The van der Waals surface area contributed by atoms with Gasteiger partial charge in [0.05, 0.1) is 6.54 Å². The van der Waals surface area contributed by atoms with Gasteiger partial charge >= 0.3 is 0 Å². The van der Waals surface area contributed by atoms with Crippen LogP contribution in [0, 0.1) is 6.92 Å². The first-order valence-electron chi connectivity index (χ1n) is 6.63. The Morgan fingerprint density at radius 2 is 2.30 bits per heavy atom. The van der Waals surface area contributed by atoms with Gasteiger partial charge in [-0.15, -0.1) is 0 Å². The van der Waals surface area contributed by atoms with Gasteiger partial charge < -0.3 is 10.2 Å². The molecule has 0 fully saturated rings. The van der Waals surface area contributed by atoms with Crippen LogP contribution in [0.4, 0.5) is 5.69 Å². The smallest absolute Gasteiger partial charge is 0.254 e. The van der Waals surface area contributed by atoms with E-state index in [4.69, 9.17) is 0 Å². The highest BCUT2D eigenvalue weighted by Gasteiger charge is 2.17. The molecule has 1 aromatic heterocycles. The van der Waals surface area contributed by atoms with Crippen molar-refractivity contribution in [3.05, 3.63) is 41.0 Å². The van der Waals surface area contributed by atoms with Gasteiger partial charge in [0.2, 0.25) is 0 Å². The molecular weight excluding hydrogens is 254 g/mol. The highest BCUT2D eigenvalue weighted by atomic mass is 16.2. The second-order valence-electron chi connectivity index (χ2n) is 5.05. The van der Waals surface area contributed by atoms with Gasteiger partial charge in [0.25, 0.3) is 5.91 Å². The van der Waals surface area contributed by atoms with E-state index < -0.39 is 0 Å². The van der Waals surface area contributed by atoms with Gasteiger partial charge in [-0.2, -0.15) is 5.10 Å². The Morgan fingerprint density at radius 3 is 3.05 bits per heavy atom. The average molecular weight is 271 g/mol. The molecule has 0 radical (unpaired) electrons. The van der Waals surface area contributed by atoms with Gasteiger partial charge in [0.1, 0.15) is 5.82 Å². The van der Waals surface area contributed by atoms with Crippen molar-refractivity contribution in [1.82, 2.24) is 20.1 Å². The summed E-state index contributed by atoms with van der Waals surface area (Å²) in [5.74, 6) is 1.35. The van der Waals surface area contributed by atoms with E-state index in [9.17, 15) is 4.79 Å². The van der Waals surface area contributed by atoms with Crippen molar-refractivity contribution in [2.75, 3.05) is 18.9 Å². The fraction of sp³-hybridized carbons (Fsp3) is 0.357. The molecule has 0 saturated heterocycles. The molecule has 2 N–H and O–H groups in total. The lowest BCUT2D eigenvalue weighted by molar-refractivity contribution is 0.0781. The topological polar surface area (TPSA) is 73.9 Å². The van der Waals surface area contributed by atoms with Crippen LogP contribution in [0.1, 0.15) is 27.6 Å². The molecule has 0 atom stereocenters. The van der Waals surface area contributed by atoms with Gasteiger partial charge in [0, 0.05) is 24.8 Å². The molecule has 0 aliphatic carbocycles. The molecule has 0 unspecified atom stereocenters. The zero-order valence-corrected chi connectivity index (χ0v) is 11.6. The first-order chi connectivity index (χ1) is 9.63. The van der Waals surface area contributed by atoms with Gasteiger partial charge in [-0.05, 0) is 31.0 Å². The number of amides is 1. The number of aromatic amines is 1. The summed E-state index contributed by atoms with van der Waals surface area (Å²) in [6, 6.07) is 5.83. The normalized spacial score (nSPS) is 12.9. The number of aromatic nitrogens is 3. The van der Waals surface area contributed by atoms with Crippen LogP contribution in [0.3, 0.4) is 0 Å². The summed E-state index contributed by atoms with van der Waals surface area (Å²) in [5, 5.41) is 10.1. The van der Waals surface area contributed by atoms with Crippen molar-refractivity contribution >= 4 is 11.6 Å². The molecule has 1 aliphatic rings. The van der Waals surface area contributed by atoms with Crippen LogP contribution in [0.2, 0.25) is 0 Å². The third-order valence-corrected chi connectivity index (χ3v) is 3.44. The maximum absolute atomic E-state index is 12.4. The zero-order chi connectivity index (χ0) is 14.1. The standard InChI is InChI=1S/C14H17N5O/c1-9-16-13(18-17-9)8-19(2)14(20)11-4-3-10-5-6-15-12(10)7-11/h3-4,7,15H,5-6,8H2,1-2H3,(H,16,17,18). The van der Waals surface area contributed by atoms with Crippen LogP contribution in [-0.2, 0) is 13.0 Å². The van der Waals surface area contributed by atoms with Crippen molar-refractivity contribution in [1.29, 1.82) is 0 Å². The summed E-state index contributed by atoms with van der Waals surface area (Å²) in [7, 11) is 1.76. The predicted octanol–water partition coefficient (Wildman–Crippen LogP) is 1.35. The molecule has 6 heteroatoms. The van der Waals surface area contributed by atoms with Gasteiger partial charge in [-0.25, -0.2) is 4.98 Å². The number of rotatable bonds is 3. The number of nitrogens with zero attached hydrogens (tertiary/aromatic N) is 3. The number of H-pyrrole nitrogens is 1. The van der Waals surface area contributed by atoms with Crippen molar-refractivity contribution in [2.45, 2.75) is 19.9 Å². The van der Waals surface area contributed by atoms with Crippen molar-refractivity contribution in [3.8, 4) is 0 Å². The van der Waals surface area contributed by atoms with Crippen LogP contribution in [0.5, 0.6) is 0 Å². The molecule has 1 amide bonds. The maximum Gasteiger partial charge on any atom is 0.254 e. The number of nitrogens with one attached hydrogen (secondary N) is 2. The third-order valence-electron chi connectivity index (χ3n) is 3.44. The maximum atomic E-state index is 12.4. The molecule has 2 aromatic rings. The van der Waals surface area contributed by atoms with Gasteiger partial charge in [-0.1, -0.05) is 6.07 Å². The number of aryl methyl sites for hydroxylation is 1. The van der Waals surface area contributed by atoms with E-state index in [2.05, 4.69) is 20.5 Å². The Morgan fingerprint density at radius 1 is 1.45 bits per heavy atom. The molecule has 1 aliphatic heterocycles. The molecule has 2 heterocycles. The minimum Gasteiger partial charge on any atom is -0.384 e. The fourth-order valence-corrected chi connectivity index (χ4v) is 2.39. The molecule has 3 rings (SSSR count). The molecule has 1 aromatic carbocycles. The minimum absolute atomic E-state index is 0.0241. The Balaban J connectivity index is 1.74. The summed E-state index contributed by atoms with van der Waals surface area (Å²) in [6.45, 7) is 3.18. The number of fused-ring (bicyclic) bond motifs is 1. The highest BCUT2D eigenvalue weighted by Crippen LogP contribution is 2.23. The minimum atomic E-state index is -0.0241. The number of anilines is 1. The summed E-state index contributed by atoms with van der Waals surface area (Å²) < 4.78 is 0. The highest BCUT2D eigenvalue weighted by molar-refractivity contribution is 5.95. The van der Waals surface area contributed by atoms with Crippen LogP contribution in [0.15, 0.2) is 18.2 Å². The van der Waals surface area contributed by atoms with Crippen LogP contribution in [0.25, 0.3) is 0 Å². The number of carbonyl (C=O) groups is 1. The Labute approximate surface area is 117 Å². The largest absolute Gasteiger partial charge is 0.384 e. The molecular formula is C14H17N5O. The summed E-state index contributed by atoms with van der Waals surface area (Å²) in [6.07, 6.45) is 1.02. The molecule has 104 valence electrons. The quantitative estimate of drug-likeness (QED) is 0.884. The summed E-state index contributed by atoms with van der Waals surface area (Å²) in [4.78, 5) is 18.2. The fourth-order valence-electron chi connectivity index (χ4n) is 2.39. The number of hydrogen-bond acceptors (Lipinski definition) is 4. The molecule has 0 bridgehead atoms. The van der Waals surface area contributed by atoms with E-state index in [1.165, 1.54) is 5.56 Å². The summed E-state index contributed by atoms with van der Waals surface area (Å²) >= 11 is 0. The van der Waals surface area contributed by atoms with Crippen molar-refractivity contribution < 1.29 is 4.79 Å². The number of carbonyl (C=O) groups excluding carboxylic acids is 1. The van der Waals surface area contributed by atoms with Gasteiger partial charge in [0.15, 0.2) is 5.82 Å². The lowest BCUT2D eigenvalue weighted by atomic mass is 10.1. The third kappa shape index (κ3) is 2.36. The average Bonchev–Trinajstić information content (AvgIpc) is 3.05. The van der Waals surface area contributed by atoms with E-state index >= 15 is 0 Å². The Hall–Kier alpha value is -2.37. The van der Waals surface area contributed by atoms with Crippen molar-refractivity contribution in [3.63, 3.8) is 0 Å². The second kappa shape index (κ2) is 4.96. The lowest BCUT2D eigenvalue weighted by Crippen LogP contribution is -2.26. The zero-order valence-electron chi connectivity index (χ0n) is 11.6. The summed E-state index contributed by atoms with van der Waals surface area (Å²) in [5.41, 5.74) is 3.03. The molecule has 0 spiro atoms. The van der Waals surface area contributed by atoms with Gasteiger partial charge in [-0.3, -0.25) is 9.89 Å². The predicted molar refractivity (Wildman–Crippen MR) is 75.6 cm³/mol.